The van der Waals surface area contributed by atoms with Crippen molar-refractivity contribution in [3.63, 3.8) is 0 Å². The minimum absolute atomic E-state index is 0.247. The van der Waals surface area contributed by atoms with Crippen molar-refractivity contribution < 1.29 is 37.9 Å². The van der Waals surface area contributed by atoms with E-state index in [1.807, 2.05) is 20.8 Å². The van der Waals surface area contributed by atoms with Crippen molar-refractivity contribution in [2.75, 3.05) is 5.75 Å². The zero-order chi connectivity index (χ0) is 35.4. The zero-order valence-corrected chi connectivity index (χ0v) is 29.5. The molecule has 1 unspecified atom stereocenters. The summed E-state index contributed by atoms with van der Waals surface area (Å²) in [6.45, 7) is 13.2. The van der Waals surface area contributed by atoms with E-state index >= 15 is 0 Å². The molecule has 0 aliphatic carbocycles. The minimum Gasteiger partial charge on any atom is -0.598 e. The molecule has 1 aliphatic rings. The first-order chi connectivity index (χ1) is 23.5. The van der Waals surface area contributed by atoms with Crippen molar-refractivity contribution in [3.8, 4) is 0 Å². The third kappa shape index (κ3) is 10.6. The maximum atomic E-state index is 13.7. The van der Waals surface area contributed by atoms with Crippen molar-refractivity contribution in [1.82, 2.24) is 4.72 Å². The number of benzene rings is 3. The van der Waals surface area contributed by atoms with E-state index in [1.54, 1.807) is 103 Å². The lowest BCUT2D eigenvalue weighted by atomic mass is 9.92. The van der Waals surface area contributed by atoms with E-state index in [4.69, 9.17) is 18.9 Å². The van der Waals surface area contributed by atoms with E-state index in [1.165, 1.54) is 11.8 Å². The van der Waals surface area contributed by atoms with Gasteiger partial charge < -0.3 is 23.5 Å². The van der Waals surface area contributed by atoms with Crippen LogP contribution < -0.4 is 4.72 Å². The maximum Gasteiger partial charge on any atom is 0.338 e. The van der Waals surface area contributed by atoms with Crippen molar-refractivity contribution in [3.05, 3.63) is 133 Å². The first-order valence-electron chi connectivity index (χ1n) is 16.0. The molecule has 1 aliphatic heterocycles. The van der Waals surface area contributed by atoms with Crippen molar-refractivity contribution in [2.24, 2.45) is 0 Å². The fourth-order valence-electron chi connectivity index (χ4n) is 5.05. The minimum atomic E-state index is -1.57. The molecule has 4 rings (SSSR count). The Labute approximate surface area is 295 Å². The number of rotatable bonds is 15. The second-order valence-electron chi connectivity index (χ2n) is 12.3. The van der Waals surface area contributed by atoms with Gasteiger partial charge in [0.25, 0.3) is 0 Å². The Morgan fingerprint density at radius 1 is 0.796 bits per heavy atom. The standard InChI is InChI=1S/C38H43NO8S2/c1-6-8-24-29(39-49(43)38(3,4)5)30-31(44-34(40)26-18-12-9-13-19-26)32(45-35(41)27-20-14-10-15-21-27)33(37(47-30)48-25-7-2)46-36(42)28-22-16-11-17-23-28/h6-7,9-23,29-33,37,39H,1-2,8,24-25H2,3-5H3/t29-,30-,31+,32+,33-,37-,49?/m1/s1. The highest BCUT2D eigenvalue weighted by Crippen LogP contribution is 2.37. The Hall–Kier alpha value is -3.87. The number of hydrogen-bond acceptors (Lipinski definition) is 10. The van der Waals surface area contributed by atoms with Gasteiger partial charge in [0.1, 0.15) is 16.3 Å². The third-order valence-corrected chi connectivity index (χ3v) is 10.3. The summed E-state index contributed by atoms with van der Waals surface area (Å²) < 4.78 is 41.3. The lowest BCUT2D eigenvalue weighted by molar-refractivity contribution is -0.205. The molecular weight excluding hydrogens is 663 g/mol. The van der Waals surface area contributed by atoms with Crippen LogP contribution in [0.25, 0.3) is 0 Å². The van der Waals surface area contributed by atoms with Crippen LogP contribution in [-0.2, 0) is 30.3 Å². The van der Waals surface area contributed by atoms with Crippen LogP contribution in [0.1, 0.15) is 64.7 Å². The second kappa shape index (κ2) is 18.2. The van der Waals surface area contributed by atoms with E-state index < -0.39 is 69.9 Å². The van der Waals surface area contributed by atoms with Crippen molar-refractivity contribution in [2.45, 2.75) is 74.3 Å². The molecule has 49 heavy (non-hydrogen) atoms. The highest BCUT2D eigenvalue weighted by Gasteiger charge is 2.55. The highest BCUT2D eigenvalue weighted by molar-refractivity contribution is 7.99. The van der Waals surface area contributed by atoms with E-state index in [-0.39, 0.29) is 16.7 Å². The van der Waals surface area contributed by atoms with Gasteiger partial charge >= 0.3 is 17.9 Å². The summed E-state index contributed by atoms with van der Waals surface area (Å²) in [5.74, 6) is -1.71. The number of thioether (sulfide) groups is 1. The van der Waals surface area contributed by atoms with E-state index in [0.29, 0.717) is 18.6 Å². The van der Waals surface area contributed by atoms with Gasteiger partial charge in [-0.2, -0.15) is 0 Å². The van der Waals surface area contributed by atoms with Gasteiger partial charge in [-0.1, -0.05) is 66.7 Å². The molecule has 0 saturated carbocycles. The SMILES string of the molecule is C=CCC[C@@H](N[S+]([O-])C(C)(C)C)[C@H]1O[C@H](SCC=C)[C@H](OC(=O)c2ccccc2)[C@@H](OC(=O)c2ccccc2)[C@H]1OC(=O)c1ccccc1. The van der Waals surface area contributed by atoms with Gasteiger partial charge in [-0.05, 0) is 70.0 Å². The summed E-state index contributed by atoms with van der Waals surface area (Å²) in [6.07, 6.45) is -0.604. The number of allylic oxidation sites excluding steroid dienone is 1. The largest absolute Gasteiger partial charge is 0.598 e. The van der Waals surface area contributed by atoms with Crippen LogP contribution >= 0.6 is 11.8 Å². The zero-order valence-electron chi connectivity index (χ0n) is 27.9. The van der Waals surface area contributed by atoms with Gasteiger partial charge in [0.2, 0.25) is 0 Å². The molecule has 11 heteroatoms. The molecule has 9 nitrogen and oxygen atoms in total. The number of carbonyl (C=O) groups excluding carboxylic acids is 3. The molecule has 1 heterocycles. The van der Waals surface area contributed by atoms with Crippen LogP contribution in [0.3, 0.4) is 0 Å². The quantitative estimate of drug-likeness (QED) is 0.0792. The van der Waals surface area contributed by atoms with Crippen LogP contribution in [0.15, 0.2) is 116 Å². The van der Waals surface area contributed by atoms with Gasteiger partial charge in [-0.3, -0.25) is 0 Å². The van der Waals surface area contributed by atoms with Crippen molar-refractivity contribution >= 4 is 41.0 Å². The maximum absolute atomic E-state index is 13.7. The van der Waals surface area contributed by atoms with Gasteiger partial charge in [-0.15, -0.1) is 29.6 Å². The average Bonchev–Trinajstić information content (AvgIpc) is 3.11. The third-order valence-electron chi connectivity index (χ3n) is 7.56. The van der Waals surface area contributed by atoms with Crippen LogP contribution in [0, 0.1) is 0 Å². The highest BCUT2D eigenvalue weighted by atomic mass is 32.2. The first-order valence-corrected chi connectivity index (χ1v) is 18.2. The first kappa shape index (κ1) is 37.9. The van der Waals surface area contributed by atoms with Gasteiger partial charge in [0, 0.05) is 17.1 Å². The van der Waals surface area contributed by atoms with Gasteiger partial charge in [-0.25, -0.2) is 14.4 Å². The summed E-state index contributed by atoms with van der Waals surface area (Å²) in [7, 11) is 0. The molecule has 1 N–H and O–H groups in total. The average molecular weight is 706 g/mol. The van der Waals surface area contributed by atoms with Crippen molar-refractivity contribution in [1.29, 1.82) is 0 Å². The number of carbonyl (C=O) groups is 3. The van der Waals surface area contributed by atoms with E-state index in [2.05, 4.69) is 17.9 Å². The lowest BCUT2D eigenvalue weighted by Crippen LogP contribution is -2.66. The summed E-state index contributed by atoms with van der Waals surface area (Å²) in [5.41, 5.74) is -0.136. The Bertz CT molecular complexity index is 1530. The molecule has 1 saturated heterocycles. The molecule has 3 aromatic rings. The predicted molar refractivity (Wildman–Crippen MR) is 193 cm³/mol. The number of hydrogen-bond donors (Lipinski definition) is 1. The molecule has 0 amide bonds. The van der Waals surface area contributed by atoms with Crippen LogP contribution in [-0.4, -0.2) is 68.9 Å². The van der Waals surface area contributed by atoms with Crippen LogP contribution in [0.2, 0.25) is 0 Å². The summed E-state index contributed by atoms with van der Waals surface area (Å²) in [4.78, 5) is 41.1. The summed E-state index contributed by atoms with van der Waals surface area (Å²) in [5, 5.41) is 0. The fourth-order valence-corrected chi connectivity index (χ4v) is 6.86. The topological polar surface area (TPSA) is 123 Å². The molecule has 3 aromatic carbocycles. The number of nitrogens with one attached hydrogen (secondary N) is 1. The van der Waals surface area contributed by atoms with Crippen LogP contribution in [0.5, 0.6) is 0 Å². The molecule has 1 fully saturated rings. The molecule has 260 valence electrons. The molecule has 0 aromatic heterocycles. The van der Waals surface area contributed by atoms with Gasteiger partial charge in [0.05, 0.1) is 22.7 Å². The Morgan fingerprint density at radius 3 is 1.67 bits per heavy atom. The summed E-state index contributed by atoms with van der Waals surface area (Å²) >= 11 is -0.285. The number of ether oxygens (including phenoxy) is 4. The van der Waals surface area contributed by atoms with E-state index in [9.17, 15) is 18.9 Å². The molecule has 7 atom stereocenters. The normalized spacial score (nSPS) is 21.8. The van der Waals surface area contributed by atoms with E-state index in [0.717, 1.165) is 0 Å². The smallest absolute Gasteiger partial charge is 0.338 e. The molecule has 0 radical (unpaired) electrons. The predicted octanol–water partition coefficient (Wildman–Crippen LogP) is 6.69. The lowest BCUT2D eigenvalue weighted by Gasteiger charge is -2.47. The Morgan fingerprint density at radius 2 is 1.24 bits per heavy atom. The second-order valence-corrected chi connectivity index (χ2v) is 15.4. The molecule has 0 bridgehead atoms. The monoisotopic (exact) mass is 705 g/mol. The molecular formula is C38H43NO8S2. The Balaban J connectivity index is 1.86. The van der Waals surface area contributed by atoms with Crippen LogP contribution in [0.4, 0.5) is 0 Å². The Kier molecular flexibility index (Phi) is 14.1. The molecule has 0 spiro atoms. The number of esters is 3. The van der Waals surface area contributed by atoms with Gasteiger partial charge in [0.15, 0.2) is 18.3 Å². The fraction of sp³-hybridized carbons (Fsp3) is 0.342. The summed E-state index contributed by atoms with van der Waals surface area (Å²) in [6, 6.07) is 24.4.